The molecule has 0 rings (SSSR count). The molecule has 62 valence electrons. The number of rotatable bonds is 3. The molecule has 0 aliphatic heterocycles. The summed E-state index contributed by atoms with van der Waals surface area (Å²) in [5.74, 6) is -0.0137. The number of carbonyl (C=O) groups excluding carboxylic acids is 1. The van der Waals surface area contributed by atoms with Crippen molar-refractivity contribution in [2.45, 2.75) is 13.0 Å². The molecule has 0 aromatic heterocycles. The topological polar surface area (TPSA) is 56.1 Å². The highest BCUT2D eigenvalue weighted by molar-refractivity contribution is 5.80. The molecule has 0 bridgehead atoms. The van der Waals surface area contributed by atoms with E-state index < -0.39 is 0 Å². The molecule has 0 radical (unpaired) electrons. The molecule has 1 N–H and O–H groups in total. The van der Waals surface area contributed by atoms with Crippen molar-refractivity contribution in [2.75, 3.05) is 20.6 Å². The third-order valence-electron chi connectivity index (χ3n) is 1.30. The molecule has 0 aliphatic rings. The van der Waals surface area contributed by atoms with Crippen LogP contribution in [0.25, 0.3) is 0 Å². The molecule has 11 heavy (non-hydrogen) atoms. The maximum atomic E-state index is 11.1. The Hall–Kier alpha value is -1.08. The van der Waals surface area contributed by atoms with E-state index in [9.17, 15) is 4.79 Å². The number of amides is 1. The molecule has 0 saturated heterocycles. The van der Waals surface area contributed by atoms with Gasteiger partial charge in [-0.2, -0.15) is 5.26 Å². The average Bonchev–Trinajstić information content (AvgIpc) is 1.98. The Morgan fingerprint density at radius 2 is 2.27 bits per heavy atom. The van der Waals surface area contributed by atoms with Gasteiger partial charge < -0.3 is 4.90 Å². The van der Waals surface area contributed by atoms with Crippen molar-refractivity contribution in [1.29, 1.82) is 5.26 Å². The number of nitrogens with one attached hydrogen (secondary N) is 1. The van der Waals surface area contributed by atoms with Gasteiger partial charge in [0.05, 0.1) is 18.7 Å². The summed E-state index contributed by atoms with van der Waals surface area (Å²) in [7, 11) is 3.37. The minimum atomic E-state index is -0.273. The SMILES string of the molecule is CC(NCC#N)C(=O)N(C)C. The first-order valence-corrected chi connectivity index (χ1v) is 3.41. The van der Waals surface area contributed by atoms with Gasteiger partial charge in [0.1, 0.15) is 0 Å². The van der Waals surface area contributed by atoms with E-state index >= 15 is 0 Å². The van der Waals surface area contributed by atoms with Gasteiger partial charge in [0.2, 0.25) is 5.91 Å². The van der Waals surface area contributed by atoms with E-state index in [4.69, 9.17) is 5.26 Å². The second kappa shape index (κ2) is 4.69. The van der Waals surface area contributed by atoms with Crippen molar-refractivity contribution in [3.05, 3.63) is 0 Å². The second-order valence-corrected chi connectivity index (χ2v) is 2.49. The molecule has 4 nitrogen and oxygen atoms in total. The summed E-state index contributed by atoms with van der Waals surface area (Å²) in [5, 5.41) is 11.0. The molecule has 0 aromatic rings. The van der Waals surface area contributed by atoms with Gasteiger partial charge in [-0.15, -0.1) is 0 Å². The van der Waals surface area contributed by atoms with Crippen molar-refractivity contribution in [3.8, 4) is 6.07 Å². The summed E-state index contributed by atoms with van der Waals surface area (Å²) in [6, 6.07) is 1.64. The zero-order chi connectivity index (χ0) is 8.85. The molecule has 0 aromatic carbocycles. The van der Waals surface area contributed by atoms with Crippen LogP contribution in [0.5, 0.6) is 0 Å². The summed E-state index contributed by atoms with van der Waals surface area (Å²) in [6.45, 7) is 1.94. The van der Waals surface area contributed by atoms with Gasteiger partial charge in [0.25, 0.3) is 0 Å². The molecule has 0 saturated carbocycles. The van der Waals surface area contributed by atoms with Crippen LogP contribution in [0.15, 0.2) is 0 Å². The smallest absolute Gasteiger partial charge is 0.238 e. The first-order valence-electron chi connectivity index (χ1n) is 3.41. The van der Waals surface area contributed by atoms with E-state index in [0.29, 0.717) is 0 Å². The molecule has 0 spiro atoms. The van der Waals surface area contributed by atoms with E-state index in [2.05, 4.69) is 5.32 Å². The number of hydrogen-bond donors (Lipinski definition) is 1. The van der Waals surface area contributed by atoms with Crippen molar-refractivity contribution < 1.29 is 4.79 Å². The first-order chi connectivity index (χ1) is 5.09. The Kier molecular flexibility index (Phi) is 4.23. The van der Waals surface area contributed by atoms with Crippen LogP contribution in [0, 0.1) is 11.3 Å². The lowest BCUT2D eigenvalue weighted by Gasteiger charge is -2.16. The molecule has 0 fully saturated rings. The van der Waals surface area contributed by atoms with Crippen LogP contribution in [-0.2, 0) is 4.79 Å². The second-order valence-electron chi connectivity index (χ2n) is 2.49. The summed E-state index contributed by atoms with van der Waals surface area (Å²) < 4.78 is 0. The lowest BCUT2D eigenvalue weighted by Crippen LogP contribution is -2.41. The van der Waals surface area contributed by atoms with Gasteiger partial charge >= 0.3 is 0 Å². The molecule has 1 atom stereocenters. The van der Waals surface area contributed by atoms with Crippen LogP contribution in [-0.4, -0.2) is 37.5 Å². The van der Waals surface area contributed by atoms with Crippen LogP contribution in [0.1, 0.15) is 6.92 Å². The lowest BCUT2D eigenvalue weighted by molar-refractivity contribution is -0.130. The van der Waals surface area contributed by atoms with Gasteiger partial charge in [-0.1, -0.05) is 0 Å². The molecule has 1 unspecified atom stereocenters. The fourth-order valence-electron chi connectivity index (χ4n) is 0.673. The number of nitrogens with zero attached hydrogens (tertiary/aromatic N) is 2. The van der Waals surface area contributed by atoms with E-state index in [0.717, 1.165) is 0 Å². The quantitative estimate of drug-likeness (QED) is 0.563. The zero-order valence-corrected chi connectivity index (χ0v) is 7.09. The largest absolute Gasteiger partial charge is 0.347 e. The monoisotopic (exact) mass is 155 g/mol. The van der Waals surface area contributed by atoms with E-state index in [-0.39, 0.29) is 18.5 Å². The highest BCUT2D eigenvalue weighted by atomic mass is 16.2. The first kappa shape index (κ1) is 9.92. The normalized spacial score (nSPS) is 11.8. The number of nitriles is 1. The summed E-state index contributed by atoms with van der Waals surface area (Å²) in [5.41, 5.74) is 0. The highest BCUT2D eigenvalue weighted by Gasteiger charge is 2.12. The van der Waals surface area contributed by atoms with Crippen molar-refractivity contribution in [2.24, 2.45) is 0 Å². The maximum Gasteiger partial charge on any atom is 0.238 e. The van der Waals surface area contributed by atoms with Crippen LogP contribution in [0.3, 0.4) is 0 Å². The van der Waals surface area contributed by atoms with Gasteiger partial charge in [0, 0.05) is 14.1 Å². The van der Waals surface area contributed by atoms with Gasteiger partial charge in [-0.25, -0.2) is 0 Å². The molecule has 0 heterocycles. The minimum absolute atomic E-state index is 0.0137. The lowest BCUT2D eigenvalue weighted by atomic mass is 10.3. The molecule has 0 aliphatic carbocycles. The van der Waals surface area contributed by atoms with Crippen molar-refractivity contribution in [3.63, 3.8) is 0 Å². The fraction of sp³-hybridized carbons (Fsp3) is 0.714. The zero-order valence-electron chi connectivity index (χ0n) is 7.09. The van der Waals surface area contributed by atoms with Gasteiger partial charge in [0.15, 0.2) is 0 Å². The summed E-state index contributed by atoms with van der Waals surface area (Å²) in [6.07, 6.45) is 0. The standard InChI is InChI=1S/C7H13N3O/c1-6(9-5-4-8)7(11)10(2)3/h6,9H,5H2,1-3H3. The molecule has 1 amide bonds. The Bertz CT molecular complexity index is 171. The number of carbonyl (C=O) groups is 1. The molecular formula is C7H13N3O. The average molecular weight is 155 g/mol. The predicted octanol–water partition coefficient (Wildman–Crippen LogP) is -0.424. The van der Waals surface area contributed by atoms with Gasteiger partial charge in [-0.05, 0) is 6.92 Å². The van der Waals surface area contributed by atoms with Gasteiger partial charge in [-0.3, -0.25) is 10.1 Å². The van der Waals surface area contributed by atoms with Crippen LogP contribution < -0.4 is 5.32 Å². The van der Waals surface area contributed by atoms with Crippen molar-refractivity contribution >= 4 is 5.91 Å². The number of hydrogen-bond acceptors (Lipinski definition) is 3. The third-order valence-corrected chi connectivity index (χ3v) is 1.30. The molecular weight excluding hydrogens is 142 g/mol. The Labute approximate surface area is 66.8 Å². The van der Waals surface area contributed by atoms with E-state index in [1.165, 1.54) is 4.90 Å². The fourth-order valence-corrected chi connectivity index (χ4v) is 0.673. The summed E-state index contributed by atoms with van der Waals surface area (Å²) >= 11 is 0. The number of likely N-dealkylation sites (N-methyl/N-ethyl adjacent to an activating group) is 1. The van der Waals surface area contributed by atoms with E-state index in [1.54, 1.807) is 21.0 Å². The van der Waals surface area contributed by atoms with Crippen LogP contribution in [0.4, 0.5) is 0 Å². The Morgan fingerprint density at radius 3 is 2.64 bits per heavy atom. The Balaban J connectivity index is 3.75. The van der Waals surface area contributed by atoms with Crippen LogP contribution in [0.2, 0.25) is 0 Å². The van der Waals surface area contributed by atoms with Crippen molar-refractivity contribution in [1.82, 2.24) is 10.2 Å². The molecule has 4 heteroatoms. The minimum Gasteiger partial charge on any atom is -0.347 e. The summed E-state index contributed by atoms with van der Waals surface area (Å²) in [4.78, 5) is 12.6. The predicted molar refractivity (Wildman–Crippen MR) is 41.8 cm³/mol. The van der Waals surface area contributed by atoms with E-state index in [1.807, 2.05) is 6.07 Å². The maximum absolute atomic E-state index is 11.1. The van der Waals surface area contributed by atoms with Crippen LogP contribution >= 0.6 is 0 Å². The Morgan fingerprint density at radius 1 is 1.73 bits per heavy atom. The highest BCUT2D eigenvalue weighted by Crippen LogP contribution is 1.86. The third kappa shape index (κ3) is 3.58.